The number of carbonyl (C=O) groups excluding carboxylic acids is 4. The lowest BCUT2D eigenvalue weighted by atomic mass is 9.57. The summed E-state index contributed by atoms with van der Waals surface area (Å²) in [6.07, 6.45) is 9.56. The Kier molecular flexibility index (Phi) is 15.0. The Morgan fingerprint density at radius 1 is 0.765 bits per heavy atom. The first-order valence-electron chi connectivity index (χ1n) is 23.9. The van der Waals surface area contributed by atoms with E-state index in [2.05, 4.69) is 98.9 Å². The summed E-state index contributed by atoms with van der Waals surface area (Å²) in [4.78, 5) is 56.8. The number of aliphatic hydroxyl groups excluding tert-OH is 2. The number of Topliss-reactive ketones (excluding diaryl/α,β-unsaturated/α-hetero) is 2. The Balaban J connectivity index is 0.970. The van der Waals surface area contributed by atoms with Gasteiger partial charge in [0.25, 0.3) is 5.91 Å². The summed E-state index contributed by atoms with van der Waals surface area (Å²) in [5.74, 6) is -7.57. The molecule has 2 amide bonds. The molecule has 1 fully saturated rings. The van der Waals surface area contributed by atoms with Crippen LogP contribution in [0.5, 0.6) is 5.75 Å². The number of carbonyl (C=O) groups is 4. The highest BCUT2D eigenvalue weighted by molar-refractivity contribution is 7.95. The number of hydrogen-bond acceptors (Lipinski definition) is 10. The number of primary amides is 1. The van der Waals surface area contributed by atoms with Crippen molar-refractivity contribution in [2.75, 3.05) is 44.6 Å². The van der Waals surface area contributed by atoms with Gasteiger partial charge >= 0.3 is 0 Å². The fourth-order valence-electron chi connectivity index (χ4n) is 11.1. The zero-order chi connectivity index (χ0) is 49.2. The van der Waals surface area contributed by atoms with Gasteiger partial charge in [-0.3, -0.25) is 24.1 Å². The van der Waals surface area contributed by atoms with Crippen LogP contribution < -0.4 is 31.9 Å². The van der Waals surface area contributed by atoms with Gasteiger partial charge in [-0.2, -0.15) is 0 Å². The summed E-state index contributed by atoms with van der Waals surface area (Å²) in [6, 6.07) is 27.8. The molecule has 7 rings (SSSR count). The number of nitrogens with two attached hydrogens (primary N) is 1. The molecule has 4 aromatic carbocycles. The zero-order valence-electron chi connectivity index (χ0n) is 40.6. The van der Waals surface area contributed by atoms with Gasteiger partial charge in [-0.15, -0.1) is 0 Å². The molecule has 0 radical (unpaired) electrons. The second-order valence-electron chi connectivity index (χ2n) is 19.7. The number of unbranched alkanes of at least 4 members (excludes halogenated alkanes) is 7. The van der Waals surface area contributed by atoms with Crippen molar-refractivity contribution in [2.24, 2.45) is 17.6 Å². The van der Waals surface area contributed by atoms with E-state index < -0.39 is 71.1 Å². The number of ketones is 2. The highest BCUT2D eigenvalue weighted by Gasteiger charge is 2.64. The van der Waals surface area contributed by atoms with Crippen LogP contribution in [0.1, 0.15) is 92.0 Å². The monoisotopic (exact) mass is 943 g/mol. The lowest BCUT2D eigenvalue weighted by Crippen LogP contribution is -2.65. The molecule has 7 N–H and O–H groups in total. The fourth-order valence-corrected chi connectivity index (χ4v) is 15.8. The second-order valence-corrected chi connectivity index (χ2v) is 23.3. The van der Waals surface area contributed by atoms with E-state index in [9.17, 15) is 39.6 Å². The van der Waals surface area contributed by atoms with Crippen LogP contribution in [0.4, 0.5) is 11.4 Å². The van der Waals surface area contributed by atoms with Gasteiger partial charge < -0.3 is 36.4 Å². The number of nitrogens with zero attached hydrogens (tertiary/aromatic N) is 2. The topological polar surface area (TPSA) is 194 Å². The normalized spacial score (nSPS) is 20.3. The van der Waals surface area contributed by atoms with Crippen molar-refractivity contribution < 1.29 is 39.6 Å². The molecule has 0 aromatic heterocycles. The lowest BCUT2D eigenvalue weighted by molar-refractivity contribution is -0.153. The van der Waals surface area contributed by atoms with Gasteiger partial charge in [0.1, 0.15) is 46.0 Å². The smallest absolute Gasteiger partial charge is 0.255 e. The van der Waals surface area contributed by atoms with Crippen molar-refractivity contribution in [3.05, 3.63) is 124 Å². The van der Waals surface area contributed by atoms with Crippen molar-refractivity contribution in [2.45, 2.75) is 103 Å². The van der Waals surface area contributed by atoms with Crippen LogP contribution >= 0.6 is 7.26 Å². The minimum atomic E-state index is -2.74. The number of benzene rings is 4. The molecule has 1 saturated carbocycles. The number of fused-ring (bicyclic) bond motifs is 3. The van der Waals surface area contributed by atoms with Crippen LogP contribution in [0.15, 0.2) is 95.8 Å². The molecule has 0 heterocycles. The molecule has 68 heavy (non-hydrogen) atoms. The van der Waals surface area contributed by atoms with Crippen molar-refractivity contribution in [1.82, 2.24) is 4.90 Å². The first-order valence-corrected chi connectivity index (χ1v) is 25.9. The number of nitrogens with one attached hydrogen (secondary N) is 1. The van der Waals surface area contributed by atoms with Crippen molar-refractivity contribution in [1.29, 1.82) is 0 Å². The lowest BCUT2D eigenvalue weighted by Gasteiger charge is -2.50. The second kappa shape index (κ2) is 20.4. The number of phenols is 1. The first-order chi connectivity index (χ1) is 32.3. The zero-order valence-corrected chi connectivity index (χ0v) is 41.5. The van der Waals surface area contributed by atoms with Gasteiger partial charge in [0.2, 0.25) is 11.7 Å². The van der Waals surface area contributed by atoms with E-state index in [-0.39, 0.29) is 42.0 Å². The summed E-state index contributed by atoms with van der Waals surface area (Å²) in [6.45, 7) is 6.55. The van der Waals surface area contributed by atoms with Crippen LogP contribution in [0, 0.1) is 32.6 Å². The van der Waals surface area contributed by atoms with E-state index in [1.165, 1.54) is 37.5 Å². The average molecular weight is 944 g/mol. The summed E-state index contributed by atoms with van der Waals surface area (Å²) in [5.41, 5.74) is 6.52. The minimum Gasteiger partial charge on any atom is -0.508 e. The van der Waals surface area contributed by atoms with Crippen LogP contribution in [0.25, 0.3) is 5.76 Å². The molecule has 4 aromatic rings. The third-order valence-electron chi connectivity index (χ3n) is 14.4. The molecule has 0 unspecified atom stereocenters. The summed E-state index contributed by atoms with van der Waals surface area (Å²) in [5, 5.41) is 53.8. The van der Waals surface area contributed by atoms with Crippen molar-refractivity contribution in [3.63, 3.8) is 0 Å². The van der Waals surface area contributed by atoms with Crippen LogP contribution in [-0.2, 0) is 25.6 Å². The first kappa shape index (κ1) is 50.1. The number of phenolic OH excluding ortho intramolecular Hbond substituents is 1. The maximum atomic E-state index is 14.3. The summed E-state index contributed by atoms with van der Waals surface area (Å²) in [7, 11) is 4.78. The van der Waals surface area contributed by atoms with Gasteiger partial charge in [-0.05, 0) is 138 Å². The Bertz CT molecular complexity index is 2580. The van der Waals surface area contributed by atoms with E-state index in [0.717, 1.165) is 51.1 Å². The Morgan fingerprint density at radius 2 is 1.28 bits per heavy atom. The molecule has 3 aliphatic carbocycles. The van der Waals surface area contributed by atoms with E-state index in [1.54, 1.807) is 39.2 Å². The van der Waals surface area contributed by atoms with E-state index in [1.807, 2.05) is 0 Å². The Hall–Kier alpha value is -5.81. The molecule has 13 heteroatoms. The van der Waals surface area contributed by atoms with E-state index in [4.69, 9.17) is 5.73 Å². The SMILES string of the molecule is Cc1cccc([P+](CCCCCCCCCCC(=O)Nc2cc(N(C)C)c3c(c2O)C(O)=C2C(=O)[C@]4(O)C(O)=C(C(N)=O)C(=O)[C@@H](N(C)C)[C@@H]4C[C@@H]2C3)(c2cccc(C)c2)c2cccc(C)c2)c1. The summed E-state index contributed by atoms with van der Waals surface area (Å²) >= 11 is 0. The largest absolute Gasteiger partial charge is 0.508 e. The molecule has 0 bridgehead atoms. The standard InChI is InChI=1S/C55H67N4O8P/c1-33-19-16-22-37(27-33)68(38-23-17-20-34(2)28-38,39-24-18-21-35(3)29-39)26-15-13-11-9-8-10-12-14-25-44(60)57-42-32-43(58(4)5)40-30-36-31-41-48(59(6)7)51(63)47(54(56)66)53(65)55(41,67)52(64)45(36)50(62)46(40)49(42)61/h16-24,27-29,32,36,41,48,67H,8-15,25-26,30-31H2,1-7H3,(H5-,56,57,60,61,62,63,64,65,66)/p+1/t36-,41-,48-,55-/m0/s1. The van der Waals surface area contributed by atoms with Crippen molar-refractivity contribution in [3.8, 4) is 5.75 Å². The third-order valence-corrected chi connectivity index (χ3v) is 18.9. The van der Waals surface area contributed by atoms with Gasteiger partial charge in [0.05, 0.1) is 23.5 Å². The van der Waals surface area contributed by atoms with Gasteiger partial charge in [0, 0.05) is 37.7 Å². The Labute approximate surface area is 401 Å². The van der Waals surface area contributed by atoms with Crippen LogP contribution in [-0.4, -0.2) is 94.7 Å². The molecule has 0 aliphatic heterocycles. The number of rotatable bonds is 18. The maximum Gasteiger partial charge on any atom is 0.255 e. The molecule has 0 saturated heterocycles. The number of hydrogen-bond donors (Lipinski definition) is 6. The molecular formula is C55H68N4O8P+. The van der Waals surface area contributed by atoms with Gasteiger partial charge in [0.15, 0.2) is 11.4 Å². The number of aryl methyl sites for hydroxylation is 3. The maximum absolute atomic E-state index is 14.3. The van der Waals surface area contributed by atoms with E-state index in [0.29, 0.717) is 17.7 Å². The van der Waals surface area contributed by atoms with Crippen LogP contribution in [0.2, 0.25) is 0 Å². The van der Waals surface area contributed by atoms with Crippen LogP contribution in [0.3, 0.4) is 0 Å². The quantitative estimate of drug-likeness (QED) is 0.0254. The highest BCUT2D eigenvalue weighted by atomic mass is 31.2. The highest BCUT2D eigenvalue weighted by Crippen LogP contribution is 2.57. The van der Waals surface area contributed by atoms with Gasteiger partial charge in [-0.25, -0.2) is 0 Å². The average Bonchev–Trinajstić information content (AvgIpc) is 3.27. The Morgan fingerprint density at radius 3 is 1.76 bits per heavy atom. The summed E-state index contributed by atoms with van der Waals surface area (Å²) < 4.78 is 0. The number of aromatic hydroxyl groups is 1. The molecule has 12 nitrogen and oxygen atoms in total. The molecule has 360 valence electrons. The minimum absolute atomic E-state index is 0.0167. The molecular weight excluding hydrogens is 876 g/mol. The number of amides is 2. The third kappa shape index (κ3) is 9.35. The number of anilines is 2. The van der Waals surface area contributed by atoms with Crippen molar-refractivity contribution >= 4 is 63.7 Å². The molecule has 4 atom stereocenters. The van der Waals surface area contributed by atoms with Gasteiger partial charge in [-0.1, -0.05) is 68.5 Å². The number of likely N-dealkylation sites (N-methyl/N-ethyl adjacent to an activating group) is 1. The fraction of sp³-hybridized carbons (Fsp3) is 0.418. The molecule has 0 spiro atoms. The molecule has 3 aliphatic rings. The predicted octanol–water partition coefficient (Wildman–Crippen LogP) is 7.40. The van der Waals surface area contributed by atoms with E-state index >= 15 is 0 Å². The predicted molar refractivity (Wildman–Crippen MR) is 273 cm³/mol. The number of aliphatic hydroxyl groups is 3.